The molecule has 6 nitrogen and oxygen atoms in total. The van der Waals surface area contributed by atoms with Crippen molar-refractivity contribution in [1.29, 1.82) is 0 Å². The number of hydrogen-bond donors (Lipinski definition) is 1. The first-order valence-corrected chi connectivity index (χ1v) is 12.2. The molecule has 2 amide bonds. The summed E-state index contributed by atoms with van der Waals surface area (Å²) in [5, 5.41) is 5.38. The summed E-state index contributed by atoms with van der Waals surface area (Å²) in [4.78, 5) is 36.9. The maximum absolute atomic E-state index is 13.2. The Morgan fingerprint density at radius 2 is 1.97 bits per heavy atom. The second kappa shape index (κ2) is 10.3. The van der Waals surface area contributed by atoms with E-state index in [1.54, 1.807) is 35.2 Å². The number of halogens is 1. The van der Waals surface area contributed by atoms with E-state index in [0.29, 0.717) is 42.3 Å². The van der Waals surface area contributed by atoms with Crippen molar-refractivity contribution < 1.29 is 9.59 Å². The van der Waals surface area contributed by atoms with E-state index in [0.717, 1.165) is 16.3 Å². The number of rotatable bonds is 6. The van der Waals surface area contributed by atoms with Crippen LogP contribution in [-0.4, -0.2) is 39.8 Å². The van der Waals surface area contributed by atoms with E-state index in [1.807, 2.05) is 40.1 Å². The van der Waals surface area contributed by atoms with Crippen molar-refractivity contribution in [3.63, 3.8) is 0 Å². The van der Waals surface area contributed by atoms with Gasteiger partial charge in [-0.2, -0.15) is 0 Å². The molecule has 2 aromatic heterocycles. The van der Waals surface area contributed by atoms with E-state index in [-0.39, 0.29) is 17.7 Å². The minimum atomic E-state index is -0.143. The number of benzene rings is 1. The van der Waals surface area contributed by atoms with Crippen LogP contribution in [0, 0.1) is 5.92 Å². The van der Waals surface area contributed by atoms with Crippen LogP contribution >= 0.6 is 34.7 Å². The molecule has 1 aliphatic heterocycles. The van der Waals surface area contributed by atoms with E-state index in [2.05, 4.69) is 15.3 Å². The summed E-state index contributed by atoms with van der Waals surface area (Å²) in [6, 6.07) is 11.1. The van der Waals surface area contributed by atoms with Gasteiger partial charge in [0.2, 0.25) is 5.91 Å². The normalized spacial score (nSPS) is 14.4. The van der Waals surface area contributed by atoms with Crippen LogP contribution in [0.5, 0.6) is 0 Å². The molecular formula is C22H21ClN4O2S2. The molecule has 1 aliphatic rings. The molecule has 1 N–H and O–H groups in total. The van der Waals surface area contributed by atoms with Crippen LogP contribution in [0.4, 0.5) is 5.82 Å². The number of pyridine rings is 1. The summed E-state index contributed by atoms with van der Waals surface area (Å²) in [5.74, 6) is 1.02. The van der Waals surface area contributed by atoms with E-state index >= 15 is 0 Å². The van der Waals surface area contributed by atoms with Crippen molar-refractivity contribution in [3.05, 3.63) is 69.8 Å². The van der Waals surface area contributed by atoms with E-state index in [1.165, 1.54) is 6.20 Å². The van der Waals surface area contributed by atoms with Crippen molar-refractivity contribution in [2.45, 2.75) is 23.5 Å². The van der Waals surface area contributed by atoms with E-state index in [9.17, 15) is 9.59 Å². The Morgan fingerprint density at radius 3 is 2.68 bits per heavy atom. The van der Waals surface area contributed by atoms with Gasteiger partial charge in [-0.3, -0.25) is 9.59 Å². The summed E-state index contributed by atoms with van der Waals surface area (Å²) in [6.45, 7) is 1.10. The summed E-state index contributed by atoms with van der Waals surface area (Å²) < 4.78 is 0. The van der Waals surface area contributed by atoms with Gasteiger partial charge in [0.05, 0.1) is 21.8 Å². The van der Waals surface area contributed by atoms with Gasteiger partial charge in [-0.25, -0.2) is 9.97 Å². The monoisotopic (exact) mass is 472 g/mol. The Hall–Kier alpha value is -2.42. The number of carbonyl (C=O) groups is 2. The maximum Gasteiger partial charge on any atom is 0.254 e. The van der Waals surface area contributed by atoms with Crippen molar-refractivity contribution in [3.8, 4) is 0 Å². The van der Waals surface area contributed by atoms with Crippen LogP contribution in [0.1, 0.15) is 28.9 Å². The second-order valence-corrected chi connectivity index (χ2v) is 9.35. The molecule has 9 heteroatoms. The highest BCUT2D eigenvalue weighted by molar-refractivity contribution is 7.98. The quantitative estimate of drug-likeness (QED) is 0.512. The largest absolute Gasteiger partial charge is 0.339 e. The molecule has 3 aromatic rings. The molecule has 3 heterocycles. The van der Waals surface area contributed by atoms with Gasteiger partial charge in [-0.1, -0.05) is 23.7 Å². The molecule has 0 radical (unpaired) electrons. The number of nitrogens with zero attached hydrogens (tertiary/aromatic N) is 3. The molecule has 0 bridgehead atoms. The van der Waals surface area contributed by atoms with E-state index < -0.39 is 0 Å². The fourth-order valence-electron chi connectivity index (χ4n) is 3.42. The van der Waals surface area contributed by atoms with Crippen molar-refractivity contribution in [1.82, 2.24) is 14.9 Å². The Bertz CT molecular complexity index is 1040. The topological polar surface area (TPSA) is 75.2 Å². The number of piperidine rings is 1. The molecule has 0 saturated carbocycles. The molecule has 160 valence electrons. The van der Waals surface area contributed by atoms with Gasteiger partial charge in [0.25, 0.3) is 5.91 Å². The van der Waals surface area contributed by atoms with Crippen molar-refractivity contribution in [2.24, 2.45) is 5.92 Å². The number of thioether (sulfide) groups is 1. The molecule has 0 atom stereocenters. The second-order valence-electron chi connectivity index (χ2n) is 7.18. The average molecular weight is 473 g/mol. The fourth-order valence-corrected chi connectivity index (χ4v) is 5.15. The Kier molecular flexibility index (Phi) is 7.21. The van der Waals surface area contributed by atoms with Crippen LogP contribution in [-0.2, 0) is 10.5 Å². The first kappa shape index (κ1) is 21.8. The van der Waals surface area contributed by atoms with Gasteiger partial charge in [0, 0.05) is 41.2 Å². The maximum atomic E-state index is 13.2. The molecule has 0 aliphatic carbocycles. The SMILES string of the molecule is O=C(Nc1ccc(Cl)cn1)C1CCN(C(=O)c2ccccc2SCc2cscn2)CC1. The Labute approximate surface area is 194 Å². The lowest BCUT2D eigenvalue weighted by Gasteiger charge is -2.31. The zero-order chi connectivity index (χ0) is 21.6. The van der Waals surface area contributed by atoms with Gasteiger partial charge < -0.3 is 10.2 Å². The molecule has 31 heavy (non-hydrogen) atoms. The average Bonchev–Trinajstić information content (AvgIpc) is 3.33. The third kappa shape index (κ3) is 5.64. The van der Waals surface area contributed by atoms with E-state index in [4.69, 9.17) is 11.6 Å². The predicted molar refractivity (Wildman–Crippen MR) is 125 cm³/mol. The summed E-state index contributed by atoms with van der Waals surface area (Å²) in [6.07, 6.45) is 2.75. The molecule has 4 rings (SSSR count). The number of thiazole rings is 1. The summed E-state index contributed by atoms with van der Waals surface area (Å²) >= 11 is 9.02. The summed E-state index contributed by atoms with van der Waals surface area (Å²) in [5.41, 5.74) is 3.53. The minimum absolute atomic E-state index is 0.0135. The fraction of sp³-hybridized carbons (Fsp3) is 0.273. The van der Waals surface area contributed by atoms with Gasteiger partial charge in [0.15, 0.2) is 0 Å². The molecule has 1 aromatic carbocycles. The number of nitrogens with one attached hydrogen (secondary N) is 1. The first-order valence-electron chi connectivity index (χ1n) is 9.91. The lowest BCUT2D eigenvalue weighted by molar-refractivity contribution is -0.121. The number of anilines is 1. The number of likely N-dealkylation sites (tertiary alicyclic amines) is 1. The number of carbonyl (C=O) groups excluding carboxylic acids is 2. The molecule has 0 spiro atoms. The van der Waals surface area contributed by atoms with Gasteiger partial charge in [-0.05, 0) is 37.1 Å². The van der Waals surface area contributed by atoms with Crippen LogP contribution in [0.2, 0.25) is 5.02 Å². The summed E-state index contributed by atoms with van der Waals surface area (Å²) in [7, 11) is 0. The van der Waals surface area contributed by atoms with Crippen LogP contribution < -0.4 is 5.32 Å². The Morgan fingerprint density at radius 1 is 1.16 bits per heavy atom. The highest BCUT2D eigenvalue weighted by atomic mass is 35.5. The number of aromatic nitrogens is 2. The van der Waals surface area contributed by atoms with Crippen LogP contribution in [0.15, 0.2) is 58.4 Å². The molecule has 0 unspecified atom stereocenters. The highest BCUT2D eigenvalue weighted by Gasteiger charge is 2.29. The molecule has 1 fully saturated rings. The lowest BCUT2D eigenvalue weighted by atomic mass is 9.95. The third-order valence-corrected chi connectivity index (χ3v) is 7.07. The smallest absolute Gasteiger partial charge is 0.254 e. The van der Waals surface area contributed by atoms with Crippen LogP contribution in [0.25, 0.3) is 0 Å². The zero-order valence-corrected chi connectivity index (χ0v) is 19.1. The molecule has 1 saturated heterocycles. The van der Waals surface area contributed by atoms with Gasteiger partial charge >= 0.3 is 0 Å². The highest BCUT2D eigenvalue weighted by Crippen LogP contribution is 2.28. The van der Waals surface area contributed by atoms with Gasteiger partial charge in [0.1, 0.15) is 5.82 Å². The number of hydrogen-bond acceptors (Lipinski definition) is 6. The standard InChI is InChI=1S/C22H21ClN4O2S2/c23-16-5-6-20(24-11-16)26-21(28)15-7-9-27(10-8-15)22(29)18-3-1-2-4-19(18)31-13-17-12-30-14-25-17/h1-6,11-12,14-15H,7-10,13H2,(H,24,26,28). The predicted octanol–water partition coefficient (Wildman–Crippen LogP) is 4.97. The number of amides is 2. The van der Waals surface area contributed by atoms with Crippen LogP contribution in [0.3, 0.4) is 0 Å². The zero-order valence-electron chi connectivity index (χ0n) is 16.7. The van der Waals surface area contributed by atoms with Crippen molar-refractivity contribution in [2.75, 3.05) is 18.4 Å². The third-order valence-electron chi connectivity index (χ3n) is 5.11. The minimum Gasteiger partial charge on any atom is -0.339 e. The molecular weight excluding hydrogens is 452 g/mol. The lowest BCUT2D eigenvalue weighted by Crippen LogP contribution is -2.41. The Balaban J connectivity index is 1.34. The first-order chi connectivity index (χ1) is 15.1. The van der Waals surface area contributed by atoms with Gasteiger partial charge in [-0.15, -0.1) is 23.1 Å². The van der Waals surface area contributed by atoms with Crippen molar-refractivity contribution >= 4 is 52.3 Å².